The third-order valence-corrected chi connectivity index (χ3v) is 3.48. The second kappa shape index (κ2) is 3.93. The third-order valence-electron chi connectivity index (χ3n) is 2.91. The monoisotopic (exact) mass is 212 g/mol. The minimum atomic E-state index is 0.380. The first-order chi connectivity index (χ1) is 6.66. The first kappa shape index (κ1) is 10.0. The summed E-state index contributed by atoms with van der Waals surface area (Å²) in [5, 5.41) is 4.70. The van der Waals surface area contributed by atoms with Gasteiger partial charge in [-0.25, -0.2) is 0 Å². The lowest BCUT2D eigenvalue weighted by molar-refractivity contribution is 0.632. The van der Waals surface area contributed by atoms with Crippen LogP contribution in [0.1, 0.15) is 30.7 Å². The predicted molar refractivity (Wildman–Crippen MR) is 58.6 cm³/mol. The van der Waals surface area contributed by atoms with Crippen molar-refractivity contribution in [3.8, 4) is 0 Å². The van der Waals surface area contributed by atoms with Crippen LogP contribution in [-0.2, 0) is 13.5 Å². The van der Waals surface area contributed by atoms with Gasteiger partial charge in [0.1, 0.15) is 0 Å². The standard InChI is InChI=1S/C11H17ClN2/c1-8-7-10(14(2)13-8)5-6-11(12)9-3-4-9/h7,9,11H,3-6H2,1-2H3. The first-order valence-corrected chi connectivity index (χ1v) is 5.74. The summed E-state index contributed by atoms with van der Waals surface area (Å²) < 4.78 is 1.96. The fraction of sp³-hybridized carbons (Fsp3) is 0.727. The highest BCUT2D eigenvalue weighted by Gasteiger charge is 2.29. The number of halogens is 1. The lowest BCUT2D eigenvalue weighted by atomic mass is 10.1. The van der Waals surface area contributed by atoms with Crippen LogP contribution in [0.5, 0.6) is 0 Å². The Morgan fingerprint density at radius 2 is 2.36 bits per heavy atom. The van der Waals surface area contributed by atoms with Crippen LogP contribution in [0.4, 0.5) is 0 Å². The number of alkyl halides is 1. The highest BCUT2D eigenvalue weighted by Crippen LogP contribution is 2.37. The predicted octanol–water partition coefficient (Wildman–Crippen LogP) is 2.68. The van der Waals surface area contributed by atoms with Crippen LogP contribution in [0.15, 0.2) is 6.07 Å². The summed E-state index contributed by atoms with van der Waals surface area (Å²) in [6.07, 6.45) is 4.81. The zero-order chi connectivity index (χ0) is 10.1. The molecule has 3 heteroatoms. The summed E-state index contributed by atoms with van der Waals surface area (Å²) in [6.45, 7) is 2.03. The molecule has 2 rings (SSSR count). The molecule has 2 nitrogen and oxygen atoms in total. The van der Waals surface area contributed by atoms with E-state index in [4.69, 9.17) is 11.6 Å². The van der Waals surface area contributed by atoms with Gasteiger partial charge in [0.05, 0.1) is 5.69 Å². The van der Waals surface area contributed by atoms with E-state index in [0.717, 1.165) is 24.5 Å². The van der Waals surface area contributed by atoms with Crippen molar-refractivity contribution >= 4 is 11.6 Å². The quantitative estimate of drug-likeness (QED) is 0.702. The molecule has 1 aromatic heterocycles. The molecule has 0 N–H and O–H groups in total. The Labute approximate surface area is 90.3 Å². The molecule has 1 atom stereocenters. The van der Waals surface area contributed by atoms with E-state index in [2.05, 4.69) is 11.2 Å². The lowest BCUT2D eigenvalue weighted by Crippen LogP contribution is -2.05. The topological polar surface area (TPSA) is 17.8 Å². The summed E-state index contributed by atoms with van der Waals surface area (Å²) in [5.74, 6) is 0.797. The van der Waals surface area contributed by atoms with Gasteiger partial charge in [-0.05, 0) is 44.6 Å². The van der Waals surface area contributed by atoms with Crippen molar-refractivity contribution in [1.82, 2.24) is 9.78 Å². The summed E-state index contributed by atoms with van der Waals surface area (Å²) in [4.78, 5) is 0. The molecule has 1 aromatic rings. The second-order valence-corrected chi connectivity index (χ2v) is 4.85. The number of rotatable bonds is 4. The van der Waals surface area contributed by atoms with Crippen molar-refractivity contribution in [2.45, 2.75) is 38.0 Å². The first-order valence-electron chi connectivity index (χ1n) is 5.30. The van der Waals surface area contributed by atoms with E-state index >= 15 is 0 Å². The molecule has 1 aliphatic rings. The molecule has 0 bridgehead atoms. The van der Waals surface area contributed by atoms with Crippen LogP contribution in [0.2, 0.25) is 0 Å². The Morgan fingerprint density at radius 3 is 2.86 bits per heavy atom. The average Bonchev–Trinajstić information content (AvgIpc) is 2.90. The van der Waals surface area contributed by atoms with Gasteiger partial charge < -0.3 is 0 Å². The van der Waals surface area contributed by atoms with E-state index in [0.29, 0.717) is 5.38 Å². The maximum Gasteiger partial charge on any atom is 0.0596 e. The number of hydrogen-bond acceptors (Lipinski definition) is 1. The van der Waals surface area contributed by atoms with Gasteiger partial charge in [-0.3, -0.25) is 4.68 Å². The number of aryl methyl sites for hydroxylation is 3. The van der Waals surface area contributed by atoms with Gasteiger partial charge in [-0.1, -0.05) is 0 Å². The summed E-state index contributed by atoms with van der Waals surface area (Å²) in [7, 11) is 2.00. The highest BCUT2D eigenvalue weighted by molar-refractivity contribution is 6.20. The molecular formula is C11H17ClN2. The van der Waals surface area contributed by atoms with Crippen LogP contribution >= 0.6 is 11.6 Å². The summed E-state index contributed by atoms with van der Waals surface area (Å²) in [6, 6.07) is 2.15. The minimum Gasteiger partial charge on any atom is -0.272 e. The Kier molecular flexibility index (Phi) is 2.82. The van der Waals surface area contributed by atoms with Crippen LogP contribution in [0.3, 0.4) is 0 Å². The average molecular weight is 213 g/mol. The van der Waals surface area contributed by atoms with Crippen molar-refractivity contribution in [1.29, 1.82) is 0 Å². The molecule has 78 valence electrons. The van der Waals surface area contributed by atoms with E-state index < -0.39 is 0 Å². The number of hydrogen-bond donors (Lipinski definition) is 0. The lowest BCUT2D eigenvalue weighted by Gasteiger charge is -2.07. The van der Waals surface area contributed by atoms with Gasteiger partial charge in [0.25, 0.3) is 0 Å². The fourth-order valence-corrected chi connectivity index (χ4v) is 2.24. The van der Waals surface area contributed by atoms with E-state index in [-0.39, 0.29) is 0 Å². The molecule has 0 spiro atoms. The molecule has 1 aliphatic carbocycles. The third kappa shape index (κ3) is 2.30. The number of nitrogens with zero attached hydrogens (tertiary/aromatic N) is 2. The van der Waals surface area contributed by atoms with Crippen LogP contribution < -0.4 is 0 Å². The fourth-order valence-electron chi connectivity index (χ4n) is 1.88. The molecule has 0 amide bonds. The Hall–Kier alpha value is -0.500. The maximum atomic E-state index is 6.26. The van der Waals surface area contributed by atoms with Crippen molar-refractivity contribution in [2.75, 3.05) is 0 Å². The summed E-state index contributed by atoms with van der Waals surface area (Å²) in [5.41, 5.74) is 2.40. The molecule has 1 unspecified atom stereocenters. The molecule has 0 aliphatic heterocycles. The van der Waals surface area contributed by atoms with Crippen LogP contribution in [0, 0.1) is 12.8 Å². The SMILES string of the molecule is Cc1cc(CCC(Cl)C2CC2)n(C)n1. The summed E-state index contributed by atoms with van der Waals surface area (Å²) >= 11 is 6.26. The molecular weight excluding hydrogens is 196 g/mol. The molecule has 0 saturated heterocycles. The van der Waals surface area contributed by atoms with Gasteiger partial charge in [0.2, 0.25) is 0 Å². The zero-order valence-electron chi connectivity index (χ0n) is 8.83. The van der Waals surface area contributed by atoms with Crippen LogP contribution in [-0.4, -0.2) is 15.2 Å². The van der Waals surface area contributed by atoms with Gasteiger partial charge in [0, 0.05) is 18.1 Å². The van der Waals surface area contributed by atoms with E-state index in [1.54, 1.807) is 0 Å². The minimum absolute atomic E-state index is 0.380. The Bertz CT molecular complexity index is 315. The number of aromatic nitrogens is 2. The van der Waals surface area contributed by atoms with Gasteiger partial charge in [0.15, 0.2) is 0 Å². The zero-order valence-corrected chi connectivity index (χ0v) is 9.59. The molecule has 1 fully saturated rings. The molecule has 0 aromatic carbocycles. The van der Waals surface area contributed by atoms with E-state index in [1.807, 2.05) is 18.7 Å². The molecule has 1 saturated carbocycles. The second-order valence-electron chi connectivity index (χ2n) is 4.29. The van der Waals surface area contributed by atoms with Gasteiger partial charge in [-0.2, -0.15) is 5.10 Å². The smallest absolute Gasteiger partial charge is 0.0596 e. The Morgan fingerprint density at radius 1 is 1.64 bits per heavy atom. The van der Waals surface area contributed by atoms with Crippen molar-refractivity contribution < 1.29 is 0 Å². The largest absolute Gasteiger partial charge is 0.272 e. The van der Waals surface area contributed by atoms with Gasteiger partial charge in [-0.15, -0.1) is 11.6 Å². The van der Waals surface area contributed by atoms with Crippen molar-refractivity contribution in [3.05, 3.63) is 17.5 Å². The maximum absolute atomic E-state index is 6.26. The van der Waals surface area contributed by atoms with Gasteiger partial charge >= 0.3 is 0 Å². The Balaban J connectivity index is 1.87. The molecule has 0 radical (unpaired) electrons. The van der Waals surface area contributed by atoms with Crippen molar-refractivity contribution in [2.24, 2.45) is 13.0 Å². The van der Waals surface area contributed by atoms with Crippen molar-refractivity contribution in [3.63, 3.8) is 0 Å². The normalized spacial score (nSPS) is 18.5. The van der Waals surface area contributed by atoms with E-state index in [1.165, 1.54) is 18.5 Å². The molecule has 14 heavy (non-hydrogen) atoms. The highest BCUT2D eigenvalue weighted by atomic mass is 35.5. The van der Waals surface area contributed by atoms with E-state index in [9.17, 15) is 0 Å². The molecule has 1 heterocycles. The van der Waals surface area contributed by atoms with Crippen LogP contribution in [0.25, 0.3) is 0 Å².